The van der Waals surface area contributed by atoms with Crippen molar-refractivity contribution in [2.24, 2.45) is 5.92 Å². The van der Waals surface area contributed by atoms with Crippen molar-refractivity contribution in [1.82, 2.24) is 0 Å². The van der Waals surface area contributed by atoms with E-state index in [4.69, 9.17) is 0 Å². The molecule has 7 heteroatoms. The Morgan fingerprint density at radius 3 is 2.33 bits per heavy atom. The number of carbonyl (C=O) groups is 1. The van der Waals surface area contributed by atoms with Crippen LogP contribution < -0.4 is 4.31 Å². The summed E-state index contributed by atoms with van der Waals surface area (Å²) in [5.41, 5.74) is 0.0905. The van der Waals surface area contributed by atoms with Crippen LogP contribution in [0.3, 0.4) is 0 Å². The van der Waals surface area contributed by atoms with Gasteiger partial charge in [-0.2, -0.15) is 0 Å². The Balaban J connectivity index is 2.65. The normalized spacial score (nSPS) is 11.5. The standard InChI is InChI=1S/C17H18BrNO4S/c1-12(2)11-19(24(22,23)14-6-4-3-5-7-14)16-9-8-13(18)10-15(16)17(20)21/h3-10,12H,11H2,1-2H3,(H,20,21). The van der Waals surface area contributed by atoms with Crippen molar-refractivity contribution >= 4 is 37.6 Å². The molecule has 0 saturated heterocycles. The van der Waals surface area contributed by atoms with E-state index in [1.165, 1.54) is 28.6 Å². The average Bonchev–Trinajstić information content (AvgIpc) is 2.53. The molecule has 0 aliphatic heterocycles. The van der Waals surface area contributed by atoms with E-state index in [0.717, 1.165) is 0 Å². The molecule has 0 aromatic heterocycles. The van der Waals surface area contributed by atoms with E-state index >= 15 is 0 Å². The molecular weight excluding hydrogens is 394 g/mol. The fraction of sp³-hybridized carbons (Fsp3) is 0.235. The van der Waals surface area contributed by atoms with Crippen LogP contribution in [0.15, 0.2) is 57.9 Å². The van der Waals surface area contributed by atoms with E-state index < -0.39 is 16.0 Å². The van der Waals surface area contributed by atoms with Gasteiger partial charge in [-0.1, -0.05) is 48.0 Å². The quantitative estimate of drug-likeness (QED) is 0.779. The topological polar surface area (TPSA) is 74.7 Å². The summed E-state index contributed by atoms with van der Waals surface area (Å²) in [7, 11) is -3.86. The highest BCUT2D eigenvalue weighted by Gasteiger charge is 2.29. The van der Waals surface area contributed by atoms with Crippen molar-refractivity contribution in [1.29, 1.82) is 0 Å². The Morgan fingerprint density at radius 2 is 1.79 bits per heavy atom. The van der Waals surface area contributed by atoms with Crippen molar-refractivity contribution in [2.75, 3.05) is 10.8 Å². The number of carboxylic acid groups (broad SMARTS) is 1. The third kappa shape index (κ3) is 3.96. The number of rotatable bonds is 6. The summed E-state index contributed by atoms with van der Waals surface area (Å²) in [6.45, 7) is 3.94. The minimum absolute atomic E-state index is 0.0220. The predicted molar refractivity (Wildman–Crippen MR) is 96.9 cm³/mol. The summed E-state index contributed by atoms with van der Waals surface area (Å²) in [6.07, 6.45) is 0. The zero-order chi connectivity index (χ0) is 17.9. The SMILES string of the molecule is CC(C)CN(c1ccc(Br)cc1C(=O)O)S(=O)(=O)c1ccccc1. The van der Waals surface area contributed by atoms with Crippen LogP contribution in [0.1, 0.15) is 24.2 Å². The number of aromatic carboxylic acids is 1. The largest absolute Gasteiger partial charge is 0.478 e. The molecule has 1 N–H and O–H groups in total. The highest BCUT2D eigenvalue weighted by Crippen LogP contribution is 2.30. The number of hydrogen-bond donors (Lipinski definition) is 1. The monoisotopic (exact) mass is 411 g/mol. The van der Waals surface area contributed by atoms with Crippen molar-refractivity contribution in [3.63, 3.8) is 0 Å². The maximum atomic E-state index is 13.0. The van der Waals surface area contributed by atoms with Crippen LogP contribution in [-0.2, 0) is 10.0 Å². The maximum Gasteiger partial charge on any atom is 0.337 e. The van der Waals surface area contributed by atoms with Gasteiger partial charge in [0.05, 0.1) is 16.1 Å². The first-order valence-corrected chi connectivity index (χ1v) is 9.57. The Bertz CT molecular complexity index is 835. The summed E-state index contributed by atoms with van der Waals surface area (Å²) in [6, 6.07) is 12.6. The first-order chi connectivity index (χ1) is 11.2. The van der Waals surface area contributed by atoms with Gasteiger partial charge in [0.1, 0.15) is 0 Å². The Labute approximate surface area is 150 Å². The zero-order valence-corrected chi connectivity index (χ0v) is 15.7. The number of halogens is 1. The lowest BCUT2D eigenvalue weighted by molar-refractivity contribution is 0.0697. The highest BCUT2D eigenvalue weighted by molar-refractivity contribution is 9.10. The number of anilines is 1. The molecule has 0 spiro atoms. The fourth-order valence-electron chi connectivity index (χ4n) is 2.27. The van der Waals surface area contributed by atoms with Crippen molar-refractivity contribution < 1.29 is 18.3 Å². The van der Waals surface area contributed by atoms with Gasteiger partial charge in [-0.15, -0.1) is 0 Å². The number of hydrogen-bond acceptors (Lipinski definition) is 3. The van der Waals surface area contributed by atoms with Gasteiger partial charge in [0.15, 0.2) is 0 Å². The summed E-state index contributed by atoms with van der Waals surface area (Å²) < 4.78 is 27.8. The molecule has 24 heavy (non-hydrogen) atoms. The van der Waals surface area contributed by atoms with Crippen LogP contribution in [-0.4, -0.2) is 26.0 Å². The molecule has 0 radical (unpaired) electrons. The lowest BCUT2D eigenvalue weighted by Gasteiger charge is -2.27. The van der Waals surface area contributed by atoms with Gasteiger partial charge in [0.25, 0.3) is 10.0 Å². The van der Waals surface area contributed by atoms with Gasteiger partial charge >= 0.3 is 5.97 Å². The van der Waals surface area contributed by atoms with E-state index in [-0.39, 0.29) is 28.6 Å². The van der Waals surface area contributed by atoms with Gasteiger partial charge in [0.2, 0.25) is 0 Å². The van der Waals surface area contributed by atoms with Gasteiger partial charge in [-0.25, -0.2) is 13.2 Å². The number of nitrogens with zero attached hydrogens (tertiary/aromatic N) is 1. The zero-order valence-electron chi connectivity index (χ0n) is 13.3. The average molecular weight is 412 g/mol. The fourth-order valence-corrected chi connectivity index (χ4v) is 4.30. The summed E-state index contributed by atoms with van der Waals surface area (Å²) in [4.78, 5) is 11.7. The second-order valence-corrected chi connectivity index (χ2v) is 8.49. The van der Waals surface area contributed by atoms with Crippen molar-refractivity contribution in [3.05, 3.63) is 58.6 Å². The molecule has 128 valence electrons. The Hall–Kier alpha value is -1.86. The van der Waals surface area contributed by atoms with Crippen LogP contribution in [0.2, 0.25) is 0 Å². The summed E-state index contributed by atoms with van der Waals surface area (Å²) in [5.74, 6) is -1.16. The number of sulfonamides is 1. The molecule has 0 fully saturated rings. The lowest BCUT2D eigenvalue weighted by Crippen LogP contribution is -2.35. The van der Waals surface area contributed by atoms with E-state index in [0.29, 0.717) is 4.47 Å². The van der Waals surface area contributed by atoms with Crippen LogP contribution >= 0.6 is 15.9 Å². The van der Waals surface area contributed by atoms with Crippen molar-refractivity contribution in [2.45, 2.75) is 18.7 Å². The molecule has 0 heterocycles. The van der Waals surface area contributed by atoms with Gasteiger partial charge in [0, 0.05) is 11.0 Å². The van der Waals surface area contributed by atoms with E-state index in [2.05, 4.69) is 15.9 Å². The third-order valence-electron chi connectivity index (χ3n) is 3.32. The smallest absolute Gasteiger partial charge is 0.337 e. The first-order valence-electron chi connectivity index (χ1n) is 7.34. The number of benzene rings is 2. The third-order valence-corrected chi connectivity index (χ3v) is 5.61. The molecule has 2 rings (SSSR count). The molecule has 0 unspecified atom stereocenters. The first kappa shape index (κ1) is 18.5. The van der Waals surface area contributed by atoms with Crippen LogP contribution in [0.25, 0.3) is 0 Å². The molecule has 0 amide bonds. The second-order valence-electron chi connectivity index (χ2n) is 5.71. The predicted octanol–water partition coefficient (Wildman–Crippen LogP) is 4.00. The van der Waals surface area contributed by atoms with Crippen LogP contribution in [0.5, 0.6) is 0 Å². The minimum Gasteiger partial charge on any atom is -0.478 e. The Kier molecular flexibility index (Phi) is 5.66. The van der Waals surface area contributed by atoms with Gasteiger partial charge < -0.3 is 5.11 Å². The highest BCUT2D eigenvalue weighted by atomic mass is 79.9. The van der Waals surface area contributed by atoms with E-state index in [1.54, 1.807) is 24.3 Å². The maximum absolute atomic E-state index is 13.0. The molecule has 0 aliphatic carbocycles. The van der Waals surface area contributed by atoms with Crippen LogP contribution in [0, 0.1) is 5.92 Å². The molecule has 0 atom stereocenters. The minimum atomic E-state index is -3.86. The molecular formula is C17H18BrNO4S. The summed E-state index contributed by atoms with van der Waals surface area (Å²) in [5, 5.41) is 9.47. The van der Waals surface area contributed by atoms with Gasteiger partial charge in [-0.05, 0) is 36.2 Å². The number of carboxylic acids is 1. The van der Waals surface area contributed by atoms with E-state index in [9.17, 15) is 18.3 Å². The molecule has 0 aliphatic rings. The molecule has 5 nitrogen and oxygen atoms in total. The molecule has 0 saturated carbocycles. The van der Waals surface area contributed by atoms with Crippen LogP contribution in [0.4, 0.5) is 5.69 Å². The molecule has 2 aromatic carbocycles. The second kappa shape index (κ2) is 7.36. The lowest BCUT2D eigenvalue weighted by atomic mass is 10.1. The Morgan fingerprint density at radius 1 is 1.17 bits per heavy atom. The van der Waals surface area contributed by atoms with Crippen molar-refractivity contribution in [3.8, 4) is 0 Å². The van der Waals surface area contributed by atoms with E-state index in [1.807, 2.05) is 13.8 Å². The van der Waals surface area contributed by atoms with Gasteiger partial charge in [-0.3, -0.25) is 4.31 Å². The summed E-state index contributed by atoms with van der Waals surface area (Å²) >= 11 is 3.23. The molecule has 2 aromatic rings. The molecule has 0 bridgehead atoms.